The minimum atomic E-state index is -0.562. The van der Waals surface area contributed by atoms with Crippen LogP contribution in [0.4, 0.5) is 10.5 Å². The second-order valence-electron chi connectivity index (χ2n) is 8.27. The average Bonchev–Trinajstić information content (AvgIpc) is 2.77. The van der Waals surface area contributed by atoms with Gasteiger partial charge < -0.3 is 4.90 Å². The number of nitrogens with zero attached hydrogens (tertiary/aromatic N) is 3. The van der Waals surface area contributed by atoms with Gasteiger partial charge in [0.1, 0.15) is 17.3 Å². The maximum atomic E-state index is 13.4. The number of hydrogen-bond acceptors (Lipinski definition) is 3. The third-order valence-corrected chi connectivity index (χ3v) is 6.25. The van der Waals surface area contributed by atoms with Gasteiger partial charge >= 0.3 is 11.9 Å². The number of carbonyl (C=O) groups is 3. The fourth-order valence-electron chi connectivity index (χ4n) is 4.23. The highest BCUT2D eigenvalue weighted by Gasteiger charge is 2.48. The van der Waals surface area contributed by atoms with E-state index in [9.17, 15) is 14.4 Å². The van der Waals surface area contributed by atoms with Crippen molar-refractivity contribution in [3.8, 4) is 0 Å². The van der Waals surface area contributed by atoms with Crippen LogP contribution >= 0.6 is 0 Å². The van der Waals surface area contributed by atoms with Crippen LogP contribution in [0.2, 0.25) is 0 Å². The summed E-state index contributed by atoms with van der Waals surface area (Å²) in [4.78, 5) is 42.6. The second kappa shape index (κ2) is 8.38. The molecule has 0 aromatic heterocycles. The van der Waals surface area contributed by atoms with E-state index in [0.717, 1.165) is 37.9 Å². The first-order valence-electron chi connectivity index (χ1n) is 10.7. The molecule has 3 aliphatic rings. The topological polar surface area (TPSA) is 60.7 Å². The monoisotopic (exact) mass is 406 g/mol. The van der Waals surface area contributed by atoms with Crippen molar-refractivity contribution >= 4 is 29.2 Å². The van der Waals surface area contributed by atoms with Crippen molar-refractivity contribution in [3.63, 3.8) is 0 Å². The Kier molecular flexibility index (Phi) is 5.66. The van der Waals surface area contributed by atoms with Gasteiger partial charge in [0.2, 0.25) is 0 Å². The van der Waals surface area contributed by atoms with Gasteiger partial charge in [-0.2, -0.15) is 9.37 Å². The molecule has 1 fully saturated rings. The minimum Gasteiger partial charge on any atom is -0.339 e. The Bertz CT molecular complexity index is 950. The van der Waals surface area contributed by atoms with Gasteiger partial charge in [0.05, 0.1) is 0 Å². The quantitative estimate of drug-likeness (QED) is 0.722. The van der Waals surface area contributed by atoms with E-state index >= 15 is 0 Å². The number of piperidine rings is 1. The zero-order chi connectivity index (χ0) is 21.3. The van der Waals surface area contributed by atoms with Crippen LogP contribution in [-0.2, 0) is 16.0 Å². The number of urea groups is 1. The van der Waals surface area contributed by atoms with Crippen molar-refractivity contribution in [3.05, 3.63) is 54.1 Å². The van der Waals surface area contributed by atoms with Crippen molar-refractivity contribution in [2.75, 3.05) is 24.5 Å². The van der Waals surface area contributed by atoms with Crippen LogP contribution in [0.3, 0.4) is 0 Å². The van der Waals surface area contributed by atoms with Gasteiger partial charge in [-0.15, -0.1) is 4.90 Å². The Morgan fingerprint density at radius 2 is 1.80 bits per heavy atom. The van der Waals surface area contributed by atoms with Gasteiger partial charge in [-0.25, -0.2) is 4.79 Å². The fourth-order valence-corrected chi connectivity index (χ4v) is 4.23. The number of amides is 4. The Morgan fingerprint density at radius 3 is 2.47 bits per heavy atom. The molecule has 6 nitrogen and oxygen atoms in total. The largest absolute Gasteiger partial charge is 0.506 e. The molecule has 0 radical (unpaired) electrons. The normalized spacial score (nSPS) is 22.0. The van der Waals surface area contributed by atoms with Gasteiger partial charge in [-0.3, -0.25) is 4.79 Å². The van der Waals surface area contributed by atoms with Crippen molar-refractivity contribution in [2.24, 2.45) is 11.8 Å². The number of likely N-dealkylation sites (tertiary alicyclic amines) is 1. The maximum Gasteiger partial charge on any atom is 0.506 e. The van der Waals surface area contributed by atoms with E-state index in [0.29, 0.717) is 17.3 Å². The molecule has 156 valence electrons. The molecule has 1 aliphatic carbocycles. The highest BCUT2D eigenvalue weighted by atomic mass is 16.2. The number of imide groups is 1. The molecule has 2 aliphatic heterocycles. The van der Waals surface area contributed by atoms with Crippen molar-refractivity contribution in [1.82, 2.24) is 4.90 Å². The van der Waals surface area contributed by atoms with E-state index in [1.807, 2.05) is 23.1 Å². The lowest BCUT2D eigenvalue weighted by Crippen LogP contribution is -2.56. The van der Waals surface area contributed by atoms with Gasteiger partial charge in [0.25, 0.3) is 5.91 Å². The van der Waals surface area contributed by atoms with Gasteiger partial charge in [-0.05, 0) is 49.0 Å². The van der Waals surface area contributed by atoms with Crippen LogP contribution in [0.5, 0.6) is 0 Å². The predicted octanol–water partition coefficient (Wildman–Crippen LogP) is 3.17. The Morgan fingerprint density at radius 1 is 1.10 bits per heavy atom. The van der Waals surface area contributed by atoms with E-state index in [1.165, 1.54) is 9.48 Å². The number of fused-ring (bicyclic) bond motifs is 1. The highest BCUT2D eigenvalue weighted by molar-refractivity contribution is 6.26. The van der Waals surface area contributed by atoms with Crippen LogP contribution in [0.25, 0.3) is 0 Å². The molecule has 1 saturated heterocycles. The van der Waals surface area contributed by atoms with Crippen LogP contribution in [0, 0.1) is 11.8 Å². The molecule has 1 aromatic carbocycles. The average molecular weight is 407 g/mol. The predicted molar refractivity (Wildman–Crippen MR) is 116 cm³/mol. The lowest BCUT2D eigenvalue weighted by atomic mass is 9.94. The molecule has 6 heteroatoms. The summed E-state index contributed by atoms with van der Waals surface area (Å²) in [5.74, 6) is -0.293. The lowest BCUT2D eigenvalue weighted by molar-refractivity contribution is -0.418. The highest BCUT2D eigenvalue weighted by Crippen LogP contribution is 2.26. The smallest absolute Gasteiger partial charge is 0.339 e. The number of aryl methyl sites for hydroxylation is 1. The van der Waals surface area contributed by atoms with Gasteiger partial charge in [0.15, 0.2) is 6.54 Å². The molecule has 1 aromatic rings. The van der Waals surface area contributed by atoms with Crippen LogP contribution < -0.4 is 4.90 Å². The van der Waals surface area contributed by atoms with E-state index in [1.54, 1.807) is 30.4 Å². The van der Waals surface area contributed by atoms with Gasteiger partial charge in [-0.1, -0.05) is 44.2 Å². The molecule has 1 unspecified atom stereocenters. The summed E-state index contributed by atoms with van der Waals surface area (Å²) in [6.45, 7) is 5.65. The van der Waals surface area contributed by atoms with Crippen molar-refractivity contribution in [2.45, 2.75) is 33.1 Å². The molecule has 0 saturated carbocycles. The van der Waals surface area contributed by atoms with E-state index in [4.69, 9.17) is 0 Å². The third kappa shape index (κ3) is 3.74. The minimum absolute atomic E-state index is 0.0476. The molecule has 4 rings (SSSR count). The number of anilines is 1. The summed E-state index contributed by atoms with van der Waals surface area (Å²) in [5, 5.41) is 0. The summed E-state index contributed by atoms with van der Waals surface area (Å²) in [6, 6.07) is 6.99. The first-order chi connectivity index (χ1) is 14.5. The zero-order valence-corrected chi connectivity index (χ0v) is 17.6. The Balaban J connectivity index is 1.65. The summed E-state index contributed by atoms with van der Waals surface area (Å²) >= 11 is 0. The van der Waals surface area contributed by atoms with Gasteiger partial charge in [0, 0.05) is 13.1 Å². The van der Waals surface area contributed by atoms with Crippen molar-refractivity contribution < 1.29 is 19.0 Å². The Labute approximate surface area is 177 Å². The molecule has 1 atom stereocenters. The first kappa shape index (κ1) is 20.3. The third-order valence-electron chi connectivity index (χ3n) is 6.25. The van der Waals surface area contributed by atoms with E-state index < -0.39 is 11.9 Å². The summed E-state index contributed by atoms with van der Waals surface area (Å²) in [5.41, 5.74) is 2.25. The summed E-state index contributed by atoms with van der Waals surface area (Å²) < 4.78 is 1.47. The van der Waals surface area contributed by atoms with E-state index in [2.05, 4.69) is 13.8 Å². The number of benzene rings is 1. The lowest BCUT2D eigenvalue weighted by Gasteiger charge is -2.31. The Hall–Kier alpha value is -3.02. The van der Waals surface area contributed by atoms with E-state index in [-0.39, 0.29) is 18.4 Å². The molecule has 4 amide bonds. The first-order valence-corrected chi connectivity index (χ1v) is 10.7. The number of allylic oxidation sites excluding steroid dienone is 3. The molecule has 30 heavy (non-hydrogen) atoms. The zero-order valence-electron chi connectivity index (χ0n) is 17.6. The molecular formula is C24H28N3O3+. The SMILES string of the molecule is CCc1ccc(N2C(=O)C3C=CC=CC3=[N+](CC(=O)N3CCC(C)CC3)C2=O)cc1. The summed E-state index contributed by atoms with van der Waals surface area (Å²) in [7, 11) is 0. The molecule has 0 bridgehead atoms. The number of carbonyl (C=O) groups excluding carboxylic acids is 3. The molecule has 2 heterocycles. The number of hydrogen-bond donors (Lipinski definition) is 0. The van der Waals surface area contributed by atoms with Crippen LogP contribution in [-0.4, -0.2) is 52.7 Å². The maximum absolute atomic E-state index is 13.4. The molecular weight excluding hydrogens is 378 g/mol. The fraction of sp³-hybridized carbons (Fsp3) is 0.417. The van der Waals surface area contributed by atoms with Crippen LogP contribution in [0.1, 0.15) is 32.3 Å². The second-order valence-corrected chi connectivity index (χ2v) is 8.27. The molecule has 0 spiro atoms. The standard InChI is InChI=1S/C24H28N3O3/c1-3-18-8-10-19(11-9-18)27-23(29)20-6-4-5-7-21(20)26(24(27)30)16-22(28)25-14-12-17(2)13-15-25/h4-11,17,20H,3,12-16H2,1-2H3/q+1. The van der Waals surface area contributed by atoms with Crippen molar-refractivity contribution in [1.29, 1.82) is 0 Å². The van der Waals surface area contributed by atoms with Crippen LogP contribution in [0.15, 0.2) is 48.6 Å². The summed E-state index contributed by atoms with van der Waals surface area (Å²) in [6.07, 6.45) is 10.0. The number of rotatable bonds is 4. The molecule has 0 N–H and O–H groups in total.